The lowest BCUT2D eigenvalue weighted by Gasteiger charge is -2.29. The Morgan fingerprint density at radius 3 is 2.17 bits per heavy atom. The molecule has 0 bridgehead atoms. The quantitative estimate of drug-likeness (QED) is 0.706. The average molecular weight is 173 g/mol. The third-order valence-electron chi connectivity index (χ3n) is 2.52. The molecule has 2 nitrogen and oxygen atoms in total. The smallest absolute Gasteiger partial charge is 0.0613 e. The second-order valence-corrected chi connectivity index (χ2v) is 4.72. The summed E-state index contributed by atoms with van der Waals surface area (Å²) in [5.41, 5.74) is 6.21. The van der Waals surface area contributed by atoms with Crippen LogP contribution in [0.15, 0.2) is 0 Å². The van der Waals surface area contributed by atoms with Gasteiger partial charge in [0.15, 0.2) is 0 Å². The van der Waals surface area contributed by atoms with Crippen molar-refractivity contribution in [3.05, 3.63) is 0 Å². The molecule has 0 heterocycles. The normalized spacial score (nSPS) is 17.5. The monoisotopic (exact) mass is 173 g/mol. The fraction of sp³-hybridized carbons (Fsp3) is 1.00. The highest BCUT2D eigenvalue weighted by atomic mass is 16.5. The first-order valence-electron chi connectivity index (χ1n) is 4.62. The van der Waals surface area contributed by atoms with Crippen LogP contribution in [0, 0.1) is 11.3 Å². The van der Waals surface area contributed by atoms with Crippen LogP contribution in [0.1, 0.15) is 34.1 Å². The Balaban J connectivity index is 3.76. The zero-order valence-electron chi connectivity index (χ0n) is 9.05. The first-order chi connectivity index (χ1) is 5.38. The minimum Gasteiger partial charge on any atom is -0.383 e. The molecule has 0 aromatic heterocycles. The van der Waals surface area contributed by atoms with E-state index in [9.17, 15) is 0 Å². The van der Waals surface area contributed by atoms with E-state index in [4.69, 9.17) is 10.5 Å². The predicted molar refractivity (Wildman–Crippen MR) is 53.1 cm³/mol. The van der Waals surface area contributed by atoms with E-state index >= 15 is 0 Å². The van der Waals surface area contributed by atoms with Crippen LogP contribution in [-0.4, -0.2) is 19.8 Å². The van der Waals surface area contributed by atoms with Gasteiger partial charge >= 0.3 is 0 Å². The van der Waals surface area contributed by atoms with Gasteiger partial charge in [0.2, 0.25) is 0 Å². The minimum absolute atomic E-state index is 0.184. The molecule has 0 radical (unpaired) electrons. The number of ether oxygens (including phenoxy) is 1. The minimum atomic E-state index is 0.184. The van der Waals surface area contributed by atoms with Crippen LogP contribution in [0.4, 0.5) is 0 Å². The molecule has 0 aliphatic carbocycles. The Bertz CT molecular complexity index is 117. The van der Waals surface area contributed by atoms with Crippen LogP contribution in [0.2, 0.25) is 0 Å². The fourth-order valence-electron chi connectivity index (χ4n) is 1.09. The van der Waals surface area contributed by atoms with Crippen LogP contribution in [0.5, 0.6) is 0 Å². The second-order valence-electron chi connectivity index (χ2n) is 4.72. The Labute approximate surface area is 76.5 Å². The molecule has 0 fully saturated rings. The summed E-state index contributed by atoms with van der Waals surface area (Å²) in [6.07, 6.45) is 1.04. The van der Waals surface area contributed by atoms with Gasteiger partial charge < -0.3 is 10.5 Å². The predicted octanol–water partition coefficient (Wildman–Crippen LogP) is 2.03. The van der Waals surface area contributed by atoms with Gasteiger partial charge in [-0.25, -0.2) is 0 Å². The van der Waals surface area contributed by atoms with Crippen molar-refractivity contribution in [3.63, 3.8) is 0 Å². The largest absolute Gasteiger partial charge is 0.383 e. The van der Waals surface area contributed by atoms with Gasteiger partial charge in [-0.2, -0.15) is 0 Å². The topological polar surface area (TPSA) is 35.2 Å². The van der Waals surface area contributed by atoms with E-state index in [1.54, 1.807) is 7.11 Å². The lowest BCUT2D eigenvalue weighted by Crippen LogP contribution is -2.31. The van der Waals surface area contributed by atoms with Gasteiger partial charge in [-0.1, -0.05) is 27.7 Å². The number of hydrogen-bond acceptors (Lipinski definition) is 2. The summed E-state index contributed by atoms with van der Waals surface area (Å²) < 4.78 is 4.99. The summed E-state index contributed by atoms with van der Waals surface area (Å²) in [5, 5.41) is 0. The fourth-order valence-corrected chi connectivity index (χ4v) is 1.09. The van der Waals surface area contributed by atoms with E-state index in [1.807, 2.05) is 0 Å². The van der Waals surface area contributed by atoms with Crippen molar-refractivity contribution < 1.29 is 4.74 Å². The third-order valence-corrected chi connectivity index (χ3v) is 2.52. The van der Waals surface area contributed by atoms with Crippen molar-refractivity contribution in [2.45, 2.75) is 40.2 Å². The van der Waals surface area contributed by atoms with Gasteiger partial charge in [0.05, 0.1) is 6.61 Å². The summed E-state index contributed by atoms with van der Waals surface area (Å²) in [5.74, 6) is 0.641. The highest BCUT2D eigenvalue weighted by molar-refractivity contribution is 4.74. The van der Waals surface area contributed by atoms with Crippen molar-refractivity contribution in [3.8, 4) is 0 Å². The molecule has 74 valence electrons. The van der Waals surface area contributed by atoms with Gasteiger partial charge in [-0.15, -0.1) is 0 Å². The van der Waals surface area contributed by atoms with E-state index in [1.165, 1.54) is 0 Å². The van der Waals surface area contributed by atoms with Crippen molar-refractivity contribution in [1.82, 2.24) is 0 Å². The van der Waals surface area contributed by atoms with Crippen molar-refractivity contribution in [2.24, 2.45) is 17.1 Å². The van der Waals surface area contributed by atoms with Gasteiger partial charge in [0, 0.05) is 13.2 Å². The molecule has 0 amide bonds. The molecule has 0 aliphatic rings. The second kappa shape index (κ2) is 4.83. The van der Waals surface area contributed by atoms with Crippen molar-refractivity contribution in [1.29, 1.82) is 0 Å². The zero-order valence-corrected chi connectivity index (χ0v) is 9.05. The molecule has 0 saturated heterocycles. The molecule has 2 atom stereocenters. The molecule has 2 heteroatoms. The van der Waals surface area contributed by atoms with Crippen LogP contribution in [-0.2, 0) is 4.74 Å². The van der Waals surface area contributed by atoms with E-state index in [-0.39, 0.29) is 6.04 Å². The first kappa shape index (κ1) is 11.9. The molecule has 0 aromatic carbocycles. The Hall–Kier alpha value is -0.0800. The summed E-state index contributed by atoms with van der Waals surface area (Å²) >= 11 is 0. The standard InChI is InChI=1S/C10H23NO/c1-8(10(2,3)4)6-9(11)7-12-5/h8-9H,6-7,11H2,1-5H3. The molecule has 0 rings (SSSR count). The molecular weight excluding hydrogens is 150 g/mol. The summed E-state index contributed by atoms with van der Waals surface area (Å²) in [6, 6.07) is 0.184. The molecule has 0 saturated carbocycles. The van der Waals surface area contributed by atoms with E-state index in [0.29, 0.717) is 17.9 Å². The average Bonchev–Trinajstić information content (AvgIpc) is 1.85. The summed E-state index contributed by atoms with van der Waals surface area (Å²) in [6.45, 7) is 9.65. The zero-order chi connectivity index (χ0) is 9.78. The molecule has 2 N–H and O–H groups in total. The maximum atomic E-state index is 5.86. The van der Waals surface area contributed by atoms with Gasteiger partial charge in [-0.05, 0) is 17.8 Å². The van der Waals surface area contributed by atoms with Crippen molar-refractivity contribution in [2.75, 3.05) is 13.7 Å². The summed E-state index contributed by atoms with van der Waals surface area (Å²) in [4.78, 5) is 0. The van der Waals surface area contributed by atoms with Crippen molar-refractivity contribution >= 4 is 0 Å². The number of methoxy groups -OCH3 is 1. The van der Waals surface area contributed by atoms with Gasteiger partial charge in [0.25, 0.3) is 0 Å². The Kier molecular flexibility index (Phi) is 4.80. The molecule has 0 aliphatic heterocycles. The van der Waals surface area contributed by atoms with E-state index in [2.05, 4.69) is 27.7 Å². The number of nitrogens with two attached hydrogens (primary N) is 1. The Morgan fingerprint density at radius 1 is 1.33 bits per heavy atom. The van der Waals surface area contributed by atoms with E-state index < -0.39 is 0 Å². The maximum absolute atomic E-state index is 5.86. The van der Waals surface area contributed by atoms with Gasteiger partial charge in [-0.3, -0.25) is 0 Å². The number of hydrogen-bond donors (Lipinski definition) is 1. The van der Waals surface area contributed by atoms with Gasteiger partial charge in [0.1, 0.15) is 0 Å². The Morgan fingerprint density at radius 2 is 1.83 bits per heavy atom. The maximum Gasteiger partial charge on any atom is 0.0613 e. The molecule has 0 aromatic rings. The summed E-state index contributed by atoms with van der Waals surface area (Å²) in [7, 11) is 1.70. The van der Waals surface area contributed by atoms with Crippen LogP contribution < -0.4 is 5.73 Å². The lowest BCUT2D eigenvalue weighted by atomic mass is 9.79. The third kappa shape index (κ3) is 4.73. The highest BCUT2D eigenvalue weighted by Crippen LogP contribution is 2.28. The molecular formula is C10H23NO. The lowest BCUT2D eigenvalue weighted by molar-refractivity contribution is 0.151. The first-order valence-corrected chi connectivity index (χ1v) is 4.62. The van der Waals surface area contributed by atoms with E-state index in [0.717, 1.165) is 6.42 Å². The molecule has 0 spiro atoms. The van der Waals surface area contributed by atoms with Crippen LogP contribution >= 0.6 is 0 Å². The molecule has 12 heavy (non-hydrogen) atoms. The highest BCUT2D eigenvalue weighted by Gasteiger charge is 2.21. The van der Waals surface area contributed by atoms with Crippen LogP contribution in [0.25, 0.3) is 0 Å². The van der Waals surface area contributed by atoms with Crippen LogP contribution in [0.3, 0.4) is 0 Å². The SMILES string of the molecule is COCC(N)CC(C)C(C)(C)C. The molecule has 2 unspecified atom stereocenters. The number of rotatable bonds is 4.